The highest BCUT2D eigenvalue weighted by Gasteiger charge is 2.36. The number of rotatable bonds is 20. The molecule has 0 unspecified atom stereocenters. The van der Waals surface area contributed by atoms with Gasteiger partial charge >= 0.3 is 154 Å². The molecule has 12 aromatic rings. The Morgan fingerprint density at radius 2 is 0.333 bits per heavy atom. The van der Waals surface area contributed by atoms with Gasteiger partial charge in [-0.2, -0.15) is 0 Å². The zero-order chi connectivity index (χ0) is 101. The van der Waals surface area contributed by atoms with Crippen LogP contribution in [0, 0.1) is 0 Å². The lowest BCUT2D eigenvalue weighted by Gasteiger charge is -2.11. The number of esters is 6. The Balaban J connectivity index is 0.000000179. The van der Waals surface area contributed by atoms with Crippen LogP contribution in [-0.2, 0) is 14.2 Å². The second-order valence-corrected chi connectivity index (χ2v) is 26.4. The van der Waals surface area contributed by atoms with Crippen molar-refractivity contribution in [3.63, 3.8) is 0 Å². The van der Waals surface area contributed by atoms with Crippen LogP contribution in [0.3, 0.4) is 0 Å². The lowest BCUT2D eigenvalue weighted by molar-refractivity contribution is 0.0425. The number of benzene rings is 10. The van der Waals surface area contributed by atoms with Crippen molar-refractivity contribution in [1.82, 2.24) is 0 Å². The first-order valence-corrected chi connectivity index (χ1v) is 35.6. The molecule has 15 rings (SSSR count). The molecule has 16 N–H and O–H groups in total. The molecule has 10 aromatic carbocycles. The first-order chi connectivity index (χ1) is 63.2. The van der Waals surface area contributed by atoms with E-state index in [1.165, 1.54) is 48.5 Å². The summed E-state index contributed by atoms with van der Waals surface area (Å²) >= 11 is 0. The summed E-state index contributed by atoms with van der Waals surface area (Å²) in [6.07, 6.45) is 0. The highest BCUT2D eigenvalue weighted by atomic mass is 16.6. The first kappa shape index (κ1) is 97.8. The summed E-state index contributed by atoms with van der Waals surface area (Å²) in [5.41, 5.74) is -11.6. The normalized spacial score (nSPS) is 11.5. The van der Waals surface area contributed by atoms with E-state index >= 15 is 0 Å². The smallest absolute Gasteiger partial charge is 0.346 e. The Morgan fingerprint density at radius 3 is 0.563 bits per heavy atom. The average Bonchev–Trinajstić information content (AvgIpc) is 1.58. The molecule has 0 spiro atoms. The Kier molecular flexibility index (Phi) is 28.5. The highest BCUT2D eigenvalue weighted by molar-refractivity contribution is 6.24. The molecule has 5 heterocycles. The van der Waals surface area contributed by atoms with Crippen LogP contribution in [0.2, 0.25) is 0 Å². The van der Waals surface area contributed by atoms with Gasteiger partial charge in [-0.3, -0.25) is 9.59 Å². The van der Waals surface area contributed by atoms with Gasteiger partial charge in [0, 0.05) is 33.0 Å². The van der Waals surface area contributed by atoms with Crippen LogP contribution in [0.25, 0.3) is 32.3 Å². The summed E-state index contributed by atoms with van der Waals surface area (Å²) in [5, 5.41) is 141. The van der Waals surface area contributed by atoms with E-state index in [9.17, 15) is 134 Å². The molecule has 0 aliphatic carbocycles. The summed E-state index contributed by atoms with van der Waals surface area (Å²) < 4.78 is 21.9. The molecule has 0 radical (unpaired) electrons. The van der Waals surface area contributed by atoms with Gasteiger partial charge in [0.15, 0.2) is 11.6 Å². The lowest BCUT2D eigenvalue weighted by Crippen LogP contribution is -2.15. The third kappa shape index (κ3) is 20.8. The fraction of sp³-hybridized carbons (Fsp3) is 0. The molecule has 680 valence electrons. The van der Waals surface area contributed by atoms with Crippen LogP contribution in [0.15, 0.2) is 186 Å². The molecule has 0 fully saturated rings. The fourth-order valence-corrected chi connectivity index (χ4v) is 12.3. The number of hydrogen-bond donors (Lipinski definition) is 16. The summed E-state index contributed by atoms with van der Waals surface area (Å²) in [5.74, 6) is -30.0. The molecule has 135 heavy (non-hydrogen) atoms. The molecule has 0 saturated heterocycles. The van der Waals surface area contributed by atoms with Crippen molar-refractivity contribution >= 4 is 175 Å². The molecule has 0 saturated carbocycles. The second kappa shape index (κ2) is 39.3. The molecule has 3 aliphatic heterocycles. The van der Waals surface area contributed by atoms with Crippen LogP contribution in [0.4, 0.5) is 0 Å². The zero-order valence-electron chi connectivity index (χ0n) is 65.6. The minimum absolute atomic E-state index is 0.00917. The SMILES string of the molecule is O=C(O)c1cc(C(=O)O)c(C(=O)O)cc1C(=O)O.O=C(O)c1ccc(C(=O)O)c(C(=O)O)c1.O=C(O)c1ccc(C(=O)O)c2c(C(=O)O)ccc(C(=O)O)c12.O=C(O)c1ccc2c(c1)C(=O)OC2=O.O=C(c1ccc(C(=O)O)c(C(=O)O)c1)c1ccc(C(=O)O)c(C(=O)O)c1.O=C(c1ccc2c(c1)C(=O)OC2=O)c1ccc2c(c1)C(=O)OC2=O.O=c1oc(=O)c2cc3c(=O)oc(=O)c3cc12. The molecule has 0 amide bonds. The van der Waals surface area contributed by atoms with Crippen molar-refractivity contribution in [3.05, 3.63) is 344 Å². The van der Waals surface area contributed by atoms with E-state index in [1.807, 2.05) is 0 Å². The average molecular weight is 1860 g/mol. The van der Waals surface area contributed by atoms with E-state index in [-0.39, 0.29) is 88.3 Å². The topological polar surface area (TPSA) is 856 Å². The van der Waals surface area contributed by atoms with Gasteiger partial charge < -0.3 is 105 Å². The summed E-state index contributed by atoms with van der Waals surface area (Å²) in [4.78, 5) is 313. The van der Waals surface area contributed by atoms with E-state index in [0.29, 0.717) is 12.1 Å². The maximum absolute atomic E-state index is 12.5. The summed E-state index contributed by atoms with van der Waals surface area (Å²) in [7, 11) is 0. The molecule has 0 bridgehead atoms. The van der Waals surface area contributed by atoms with E-state index in [4.69, 9.17) is 81.7 Å². The predicted molar refractivity (Wildman–Crippen MR) is 430 cm³/mol. The summed E-state index contributed by atoms with van der Waals surface area (Å²) in [6.45, 7) is 0. The van der Waals surface area contributed by atoms with E-state index in [1.54, 1.807) is 0 Å². The maximum Gasteiger partial charge on any atom is 0.346 e. The first-order valence-electron chi connectivity index (χ1n) is 35.6. The number of carboxylic acids is 16. The van der Waals surface area contributed by atoms with E-state index in [0.717, 1.165) is 97.1 Å². The van der Waals surface area contributed by atoms with Crippen molar-refractivity contribution in [2.45, 2.75) is 0 Å². The Labute approximate surface area is 736 Å². The largest absolute Gasteiger partial charge is 0.478 e. The van der Waals surface area contributed by atoms with Crippen molar-refractivity contribution in [1.29, 1.82) is 0 Å². The maximum atomic E-state index is 12.5. The van der Waals surface area contributed by atoms with Crippen molar-refractivity contribution < 1.29 is 220 Å². The molecule has 49 heteroatoms. The second-order valence-electron chi connectivity index (χ2n) is 26.4. The molecular formula is C86H42O49. The Morgan fingerprint density at radius 1 is 0.163 bits per heavy atom. The van der Waals surface area contributed by atoms with E-state index < -0.39 is 254 Å². The highest BCUT2D eigenvalue weighted by Crippen LogP contribution is 2.33. The number of cyclic esters (lactones) is 6. The van der Waals surface area contributed by atoms with Gasteiger partial charge in [-0.15, -0.1) is 0 Å². The van der Waals surface area contributed by atoms with Crippen LogP contribution >= 0.6 is 0 Å². The quantitative estimate of drug-likeness (QED) is 0.0171. The number of ether oxygens (including phenoxy) is 3. The standard InChI is InChI=1S/C17H10O9.C17H6O7.C14H8O8.C10H6O8.C10H2O6.C9H6O6.C9H4O5/c18-13(7-1-3-9(14(19)20)11(5-7)16(23)24)8-2-4-10(15(21)22)12(6-8)17(25)26;18-13(7-1-3-9-11(5-7)16(21)23-14(9)19)8-2-4-10-12(6-8)17(22)24-15(10)20;15-11(16)5-1-2-6(12(17)18)10-8(14(21)22)4-3-7(9(5)10)13(19)20;11-7(12)3-1-4(8(13)14)6(10(17)18)2-5(3)9(15)16;11-7-3-1-4-6(10(14)16-8(4)12)2-5(3)9(13)15-7;10-7(11)4-1-2-5(8(12)13)6(3-4)9(14)15;10-7(11)4-1-2-5-6(3-4)9(13)14-8(5)12/h1-6H,(H,19,20)(H,21,22)(H,23,24)(H,25,26);1-6H;1-4H,(H,15,16)(H,17,18)(H,19,20)(H,21,22);1-2H,(H,11,12)(H,13,14)(H,15,16)(H,17,18);1-2H;1-3H,(H,10,11)(H,12,13)(H,14,15);1-3H,(H,10,11). The van der Waals surface area contributed by atoms with Crippen LogP contribution in [0.5, 0.6) is 0 Å². The van der Waals surface area contributed by atoms with Gasteiger partial charge in [-0.05, 0) is 133 Å². The molecule has 2 aromatic heterocycles. The number of carbonyl (C=O) groups is 24. The number of aromatic carboxylic acids is 16. The predicted octanol–water partition coefficient (Wildman–Crippen LogP) is 6.33. The minimum atomic E-state index is -1.66. The summed E-state index contributed by atoms with van der Waals surface area (Å²) in [6, 6.07) is 27.3. The Bertz CT molecular complexity index is 7160. The van der Waals surface area contributed by atoms with E-state index in [2.05, 4.69) is 23.0 Å². The molecular weight excluding hydrogens is 1820 g/mol. The lowest BCUT2D eigenvalue weighted by atomic mass is 9.91. The fourth-order valence-electron chi connectivity index (χ4n) is 12.3. The number of furan rings is 2. The van der Waals surface area contributed by atoms with Crippen LogP contribution < -0.4 is 22.5 Å². The third-order valence-electron chi connectivity index (χ3n) is 18.5. The third-order valence-corrected chi connectivity index (χ3v) is 18.5. The number of carbonyl (C=O) groups excluding carboxylic acids is 8. The number of hydrogen-bond acceptors (Lipinski definition) is 33. The molecule has 49 nitrogen and oxygen atoms in total. The van der Waals surface area contributed by atoms with Crippen LogP contribution in [-0.4, -0.2) is 225 Å². The van der Waals surface area contributed by atoms with Gasteiger partial charge in [0.1, 0.15) is 0 Å². The van der Waals surface area contributed by atoms with Crippen molar-refractivity contribution in [2.24, 2.45) is 0 Å². The van der Waals surface area contributed by atoms with Gasteiger partial charge in [-0.1, -0.05) is 24.3 Å². The van der Waals surface area contributed by atoms with Gasteiger partial charge in [0.05, 0.1) is 144 Å². The number of ketones is 2. The van der Waals surface area contributed by atoms with Crippen molar-refractivity contribution in [2.75, 3.05) is 0 Å². The monoisotopic (exact) mass is 1860 g/mol. The number of fused-ring (bicyclic) bond motifs is 6. The molecule has 0 atom stereocenters. The van der Waals surface area contributed by atoms with Gasteiger partial charge in [0.25, 0.3) is 0 Å². The number of carboxylic acid groups (broad SMARTS) is 16. The molecule has 3 aliphatic rings. The van der Waals surface area contributed by atoms with Gasteiger partial charge in [-0.25, -0.2) is 125 Å². The van der Waals surface area contributed by atoms with Crippen molar-refractivity contribution in [3.8, 4) is 0 Å². The minimum Gasteiger partial charge on any atom is -0.478 e. The Hall–Kier alpha value is -21.0. The zero-order valence-corrected chi connectivity index (χ0v) is 65.6. The van der Waals surface area contributed by atoms with Gasteiger partial charge in [0.2, 0.25) is 0 Å². The van der Waals surface area contributed by atoms with Crippen LogP contribution in [0.1, 0.15) is 260 Å².